The zero-order chi connectivity index (χ0) is 29.9. The first-order valence-electron chi connectivity index (χ1n) is 11.6. The van der Waals surface area contributed by atoms with Crippen molar-refractivity contribution < 1.29 is 53.8 Å². The maximum absolute atomic E-state index is 14.2. The molecule has 3 rings (SSSR count). The lowest BCUT2D eigenvalue weighted by atomic mass is 9.95. The van der Waals surface area contributed by atoms with Crippen LogP contribution in [-0.2, 0) is 9.53 Å². The third-order valence-corrected chi connectivity index (χ3v) is 5.79. The molecule has 0 amide bonds. The Morgan fingerprint density at radius 1 is 0.850 bits per heavy atom. The number of halogens is 8. The standard InChI is InChI=1S/C27H22F8O5/c1-16(2)22(36)39-13-11-25(30,31)27(34,35)26(32,33)24(28,29)10-12-38-19-9-8-18-14-20(17-6-4-3-5-7-17)23(37)40-21(18)15-19/h3-9,14-15H,1,10-13H2,2H3. The zero-order valence-electron chi connectivity index (χ0n) is 20.8. The molecule has 0 fully saturated rings. The van der Waals surface area contributed by atoms with Crippen molar-refractivity contribution in [3.8, 4) is 16.9 Å². The van der Waals surface area contributed by atoms with Gasteiger partial charge >= 0.3 is 35.3 Å². The molecule has 0 radical (unpaired) electrons. The fourth-order valence-corrected chi connectivity index (χ4v) is 3.47. The van der Waals surface area contributed by atoms with Gasteiger partial charge in [0, 0.05) is 17.0 Å². The minimum atomic E-state index is -6.51. The maximum Gasteiger partial charge on any atom is 0.378 e. The fraction of sp³-hybridized carbons (Fsp3) is 0.333. The van der Waals surface area contributed by atoms with Crippen LogP contribution < -0.4 is 10.4 Å². The molecule has 0 aliphatic rings. The van der Waals surface area contributed by atoms with E-state index in [-0.39, 0.29) is 22.5 Å². The van der Waals surface area contributed by atoms with Gasteiger partial charge in [-0.05, 0) is 30.7 Å². The summed E-state index contributed by atoms with van der Waals surface area (Å²) in [4.78, 5) is 23.5. The molecule has 0 saturated carbocycles. The number of fused-ring (bicyclic) bond motifs is 1. The van der Waals surface area contributed by atoms with Gasteiger partial charge in [0.25, 0.3) is 0 Å². The van der Waals surface area contributed by atoms with E-state index in [9.17, 15) is 44.7 Å². The molecule has 0 aliphatic carbocycles. The third-order valence-electron chi connectivity index (χ3n) is 5.79. The van der Waals surface area contributed by atoms with Crippen molar-refractivity contribution in [3.05, 3.63) is 77.2 Å². The van der Waals surface area contributed by atoms with Crippen LogP contribution in [0.25, 0.3) is 22.1 Å². The van der Waals surface area contributed by atoms with Crippen molar-refractivity contribution >= 4 is 16.9 Å². The van der Waals surface area contributed by atoms with Gasteiger partial charge in [0.1, 0.15) is 11.3 Å². The van der Waals surface area contributed by atoms with Crippen molar-refractivity contribution in [2.45, 2.75) is 43.5 Å². The highest BCUT2D eigenvalue weighted by Gasteiger charge is 2.79. The number of ether oxygens (including phenoxy) is 2. The van der Waals surface area contributed by atoms with Gasteiger partial charge in [-0.1, -0.05) is 36.9 Å². The van der Waals surface area contributed by atoms with Gasteiger partial charge in [-0.25, -0.2) is 9.59 Å². The Balaban J connectivity index is 1.69. The molecule has 0 bridgehead atoms. The smallest absolute Gasteiger partial charge is 0.378 e. The number of esters is 1. The minimum Gasteiger partial charge on any atom is -0.493 e. The number of carbonyl (C=O) groups excluding carboxylic acids is 1. The van der Waals surface area contributed by atoms with Crippen molar-refractivity contribution in [1.29, 1.82) is 0 Å². The highest BCUT2D eigenvalue weighted by Crippen LogP contribution is 2.54. The predicted molar refractivity (Wildman–Crippen MR) is 128 cm³/mol. The molecule has 1 heterocycles. The molecule has 0 atom stereocenters. The first-order valence-corrected chi connectivity index (χ1v) is 11.6. The lowest BCUT2D eigenvalue weighted by Crippen LogP contribution is -2.62. The molecular weight excluding hydrogens is 556 g/mol. The summed E-state index contributed by atoms with van der Waals surface area (Å²) in [5.74, 6) is -25.8. The normalized spacial score (nSPS) is 12.8. The average Bonchev–Trinajstić information content (AvgIpc) is 2.88. The molecule has 0 spiro atoms. The average molecular weight is 578 g/mol. The summed E-state index contributed by atoms with van der Waals surface area (Å²) in [7, 11) is 0. The number of hydrogen-bond donors (Lipinski definition) is 0. The van der Waals surface area contributed by atoms with Crippen LogP contribution in [0.2, 0.25) is 0 Å². The molecule has 13 heteroatoms. The molecule has 216 valence electrons. The van der Waals surface area contributed by atoms with Crippen molar-refractivity contribution in [2.75, 3.05) is 13.2 Å². The Hall–Kier alpha value is -3.90. The lowest BCUT2D eigenvalue weighted by Gasteiger charge is -2.36. The van der Waals surface area contributed by atoms with E-state index in [0.29, 0.717) is 10.9 Å². The van der Waals surface area contributed by atoms with E-state index in [2.05, 4.69) is 11.3 Å². The van der Waals surface area contributed by atoms with Gasteiger partial charge in [-0.15, -0.1) is 0 Å². The molecule has 1 aromatic heterocycles. The molecule has 0 saturated heterocycles. The Morgan fingerprint density at radius 3 is 2.00 bits per heavy atom. The van der Waals surface area contributed by atoms with Gasteiger partial charge in [0.15, 0.2) is 0 Å². The van der Waals surface area contributed by atoms with Crippen LogP contribution in [0.15, 0.2) is 76.0 Å². The molecule has 3 aromatic rings. The number of alkyl halides is 8. The molecule has 0 aliphatic heterocycles. The van der Waals surface area contributed by atoms with E-state index in [4.69, 9.17) is 9.15 Å². The maximum atomic E-state index is 14.2. The van der Waals surface area contributed by atoms with Crippen molar-refractivity contribution in [3.63, 3.8) is 0 Å². The summed E-state index contributed by atoms with van der Waals surface area (Å²) >= 11 is 0. The van der Waals surface area contributed by atoms with Crippen LogP contribution in [0, 0.1) is 0 Å². The Bertz CT molecular complexity index is 1430. The summed E-state index contributed by atoms with van der Waals surface area (Å²) in [6.45, 7) is 1.51. The molecule has 0 unspecified atom stereocenters. The summed E-state index contributed by atoms with van der Waals surface area (Å²) < 4.78 is 127. The first-order chi connectivity index (χ1) is 18.5. The van der Waals surface area contributed by atoms with Crippen LogP contribution in [0.1, 0.15) is 19.8 Å². The third kappa shape index (κ3) is 6.13. The van der Waals surface area contributed by atoms with Crippen molar-refractivity contribution in [2.24, 2.45) is 0 Å². The highest BCUT2D eigenvalue weighted by atomic mass is 19.4. The number of benzene rings is 2. The van der Waals surface area contributed by atoms with Gasteiger partial charge in [0.2, 0.25) is 0 Å². The summed E-state index contributed by atoms with van der Waals surface area (Å²) in [6, 6.07) is 13.7. The second-order valence-electron chi connectivity index (χ2n) is 8.84. The largest absolute Gasteiger partial charge is 0.493 e. The van der Waals surface area contributed by atoms with Crippen LogP contribution >= 0.6 is 0 Å². The monoisotopic (exact) mass is 578 g/mol. The van der Waals surface area contributed by atoms with E-state index >= 15 is 0 Å². The minimum absolute atomic E-state index is 0.0437. The van der Waals surface area contributed by atoms with E-state index in [0.717, 1.165) is 13.0 Å². The summed E-state index contributed by atoms with van der Waals surface area (Å²) in [5, 5.41) is 0.401. The molecule has 5 nitrogen and oxygen atoms in total. The van der Waals surface area contributed by atoms with Crippen LogP contribution in [0.5, 0.6) is 5.75 Å². The van der Waals surface area contributed by atoms with Gasteiger partial charge in [-0.2, -0.15) is 35.1 Å². The topological polar surface area (TPSA) is 65.7 Å². The number of hydrogen-bond acceptors (Lipinski definition) is 5. The number of carbonyl (C=O) groups is 1. The predicted octanol–water partition coefficient (Wildman–Crippen LogP) is 7.28. The highest BCUT2D eigenvalue weighted by molar-refractivity contribution is 5.86. The fourth-order valence-electron chi connectivity index (χ4n) is 3.47. The van der Waals surface area contributed by atoms with E-state index < -0.39 is 61.3 Å². The van der Waals surface area contributed by atoms with Crippen molar-refractivity contribution in [1.82, 2.24) is 0 Å². The molecule has 40 heavy (non-hydrogen) atoms. The van der Waals surface area contributed by atoms with E-state index in [1.165, 1.54) is 18.2 Å². The molecular formula is C27H22F8O5. The number of rotatable bonds is 12. The quantitative estimate of drug-likeness (QED) is 0.0979. The van der Waals surface area contributed by atoms with E-state index in [1.807, 2.05) is 0 Å². The van der Waals surface area contributed by atoms with Crippen LogP contribution in [0.4, 0.5) is 35.1 Å². The van der Waals surface area contributed by atoms with Crippen LogP contribution in [0.3, 0.4) is 0 Å². The van der Waals surface area contributed by atoms with Crippen LogP contribution in [-0.4, -0.2) is 42.9 Å². The first kappa shape index (κ1) is 30.6. The molecule has 0 N–H and O–H groups in total. The lowest BCUT2D eigenvalue weighted by molar-refractivity contribution is -0.368. The second kappa shape index (κ2) is 11.3. The Morgan fingerprint density at radius 2 is 1.43 bits per heavy atom. The molecule has 2 aromatic carbocycles. The van der Waals surface area contributed by atoms with Gasteiger partial charge < -0.3 is 13.9 Å². The SMILES string of the molecule is C=C(C)C(=O)OCCC(F)(F)C(F)(F)C(F)(F)C(F)(F)CCOc1ccc2cc(-c3ccccc3)c(=O)oc2c1. The summed E-state index contributed by atoms with van der Waals surface area (Å²) in [6.07, 6.45) is -4.21. The summed E-state index contributed by atoms with van der Waals surface area (Å²) in [5.41, 5.74) is -0.262. The second-order valence-corrected chi connectivity index (χ2v) is 8.84. The van der Waals surface area contributed by atoms with E-state index in [1.54, 1.807) is 30.3 Å². The Kier molecular flexibility index (Phi) is 8.66. The Labute approximate surface area is 222 Å². The van der Waals surface area contributed by atoms with Gasteiger partial charge in [0.05, 0.1) is 31.6 Å². The zero-order valence-corrected chi connectivity index (χ0v) is 20.8. The van der Waals surface area contributed by atoms with Gasteiger partial charge in [-0.3, -0.25) is 0 Å².